The summed E-state index contributed by atoms with van der Waals surface area (Å²) in [6.07, 6.45) is 0.548. The van der Waals surface area contributed by atoms with Crippen molar-refractivity contribution in [3.05, 3.63) is 0 Å². The van der Waals surface area contributed by atoms with Crippen molar-refractivity contribution < 1.29 is 14.7 Å². The van der Waals surface area contributed by atoms with Gasteiger partial charge in [-0.25, -0.2) is 0 Å². The number of Topliss-reactive ketones (excluding diaryl/α,β-unsaturated/α-hetero) is 1. The molecule has 52 valence electrons. The molecule has 0 rings (SSSR count). The molecule has 0 saturated heterocycles. The molecule has 0 fully saturated rings. The molecule has 1 atom stereocenters. The van der Waals surface area contributed by atoms with E-state index in [1.807, 2.05) is 0 Å². The van der Waals surface area contributed by atoms with Crippen LogP contribution in [-0.2, 0) is 9.59 Å². The minimum atomic E-state index is -1.58. The van der Waals surface area contributed by atoms with Crippen LogP contribution in [0.2, 0.25) is 0 Å². The Hall–Kier alpha value is -0.860. The van der Waals surface area contributed by atoms with E-state index in [0.717, 1.165) is 0 Å². The van der Waals surface area contributed by atoms with E-state index in [2.05, 4.69) is 0 Å². The molecule has 0 bridgehead atoms. The van der Waals surface area contributed by atoms with E-state index in [4.69, 9.17) is 0 Å². The first-order valence-electron chi connectivity index (χ1n) is 2.84. The smallest absolute Gasteiger partial charge is 0.181 e. The summed E-state index contributed by atoms with van der Waals surface area (Å²) in [4.78, 5) is 20.3. The zero-order chi connectivity index (χ0) is 7.44. The predicted molar refractivity (Wildman–Crippen MR) is 29.5 cm³/mol. The van der Waals surface area contributed by atoms with Crippen LogP contribution in [-0.4, -0.2) is 11.8 Å². The Morgan fingerprint density at radius 1 is 1.56 bits per heavy atom. The molecule has 1 unspecified atom stereocenters. The standard InChI is InChI=1S/C6H10O3/c1-3-4(2)5(7)6(8)9/h4H,3H2,1-2H3,(H,8,9)/p-1. The number of carboxylic acid groups (broad SMARTS) is 1. The Labute approximate surface area is 53.7 Å². The topological polar surface area (TPSA) is 57.2 Å². The third-order valence-corrected chi connectivity index (χ3v) is 1.26. The summed E-state index contributed by atoms with van der Waals surface area (Å²) in [5.74, 6) is -2.79. The van der Waals surface area contributed by atoms with Crippen molar-refractivity contribution in [1.82, 2.24) is 0 Å². The maximum absolute atomic E-state index is 10.4. The lowest BCUT2D eigenvalue weighted by Crippen LogP contribution is -2.35. The van der Waals surface area contributed by atoms with Crippen molar-refractivity contribution in [2.45, 2.75) is 20.3 Å². The van der Waals surface area contributed by atoms with E-state index in [1.54, 1.807) is 13.8 Å². The summed E-state index contributed by atoms with van der Waals surface area (Å²) in [6.45, 7) is 3.32. The molecule has 3 nitrogen and oxygen atoms in total. The van der Waals surface area contributed by atoms with E-state index in [0.29, 0.717) is 6.42 Å². The molecule has 0 saturated carbocycles. The number of carbonyl (C=O) groups excluding carboxylic acids is 2. The minimum absolute atomic E-state index is 0.407. The highest BCUT2D eigenvalue weighted by Gasteiger charge is 2.09. The van der Waals surface area contributed by atoms with Crippen LogP contribution in [0.5, 0.6) is 0 Å². The number of carboxylic acids is 1. The summed E-state index contributed by atoms with van der Waals surface area (Å²) in [7, 11) is 0. The number of aliphatic carboxylic acids is 1. The molecular formula is C6H9O3-. The van der Waals surface area contributed by atoms with Crippen LogP contribution in [0, 0.1) is 5.92 Å². The van der Waals surface area contributed by atoms with E-state index < -0.39 is 17.7 Å². The first-order chi connectivity index (χ1) is 4.09. The van der Waals surface area contributed by atoms with Crippen molar-refractivity contribution >= 4 is 11.8 Å². The third-order valence-electron chi connectivity index (χ3n) is 1.26. The maximum atomic E-state index is 10.4. The Kier molecular flexibility index (Phi) is 2.91. The van der Waals surface area contributed by atoms with E-state index >= 15 is 0 Å². The lowest BCUT2D eigenvalue weighted by atomic mass is 10.0. The zero-order valence-electron chi connectivity index (χ0n) is 5.51. The lowest BCUT2D eigenvalue weighted by Gasteiger charge is -2.05. The van der Waals surface area contributed by atoms with Gasteiger partial charge in [0, 0.05) is 5.92 Å². The summed E-state index contributed by atoms with van der Waals surface area (Å²) >= 11 is 0. The van der Waals surface area contributed by atoms with Crippen LogP contribution in [0.3, 0.4) is 0 Å². The SMILES string of the molecule is CCC(C)C(=O)C(=O)[O-]. The van der Waals surface area contributed by atoms with Gasteiger partial charge in [0.05, 0.1) is 0 Å². The predicted octanol–water partition coefficient (Wildman–Crippen LogP) is -0.649. The monoisotopic (exact) mass is 129 g/mol. The zero-order valence-corrected chi connectivity index (χ0v) is 5.51. The summed E-state index contributed by atoms with van der Waals surface area (Å²) in [6, 6.07) is 0. The lowest BCUT2D eigenvalue weighted by molar-refractivity contribution is -0.300. The fraction of sp³-hybridized carbons (Fsp3) is 0.667. The van der Waals surface area contributed by atoms with Gasteiger partial charge < -0.3 is 9.90 Å². The molecule has 0 amide bonds. The molecule has 0 aromatic rings. The van der Waals surface area contributed by atoms with Crippen molar-refractivity contribution in [2.75, 3.05) is 0 Å². The van der Waals surface area contributed by atoms with E-state index in [1.165, 1.54) is 0 Å². The highest BCUT2D eigenvalue weighted by Crippen LogP contribution is 2.00. The second-order valence-electron chi connectivity index (χ2n) is 1.96. The van der Waals surface area contributed by atoms with Crippen LogP contribution in [0.1, 0.15) is 20.3 Å². The second kappa shape index (κ2) is 3.22. The molecule has 0 aliphatic heterocycles. The van der Waals surface area contributed by atoms with Gasteiger partial charge in [-0.3, -0.25) is 4.79 Å². The van der Waals surface area contributed by atoms with Crippen LogP contribution in [0.4, 0.5) is 0 Å². The van der Waals surface area contributed by atoms with Gasteiger partial charge in [-0.05, 0) is 6.42 Å². The number of carbonyl (C=O) groups is 2. The third kappa shape index (κ3) is 2.26. The van der Waals surface area contributed by atoms with Gasteiger partial charge in [0.25, 0.3) is 0 Å². The van der Waals surface area contributed by atoms with Crippen LogP contribution >= 0.6 is 0 Å². The normalized spacial score (nSPS) is 12.7. The average Bonchev–Trinajstić information content (AvgIpc) is 1.84. The second-order valence-corrected chi connectivity index (χ2v) is 1.96. The molecule has 0 heterocycles. The number of ketones is 1. The van der Waals surface area contributed by atoms with E-state index in [9.17, 15) is 14.7 Å². The van der Waals surface area contributed by atoms with Gasteiger partial charge >= 0.3 is 0 Å². The number of rotatable bonds is 3. The highest BCUT2D eigenvalue weighted by atomic mass is 16.4. The highest BCUT2D eigenvalue weighted by molar-refractivity contribution is 6.32. The molecule has 0 aliphatic rings. The van der Waals surface area contributed by atoms with Crippen LogP contribution in [0.25, 0.3) is 0 Å². The molecule has 0 radical (unpaired) electrons. The maximum Gasteiger partial charge on any atom is 0.181 e. The van der Waals surface area contributed by atoms with Gasteiger partial charge in [0.2, 0.25) is 0 Å². The molecule has 0 aromatic carbocycles. The summed E-state index contributed by atoms with van der Waals surface area (Å²) in [5, 5.41) is 9.84. The summed E-state index contributed by atoms with van der Waals surface area (Å²) in [5.41, 5.74) is 0. The first-order valence-corrected chi connectivity index (χ1v) is 2.84. The fourth-order valence-electron chi connectivity index (χ4n) is 0.387. The fourth-order valence-corrected chi connectivity index (χ4v) is 0.387. The van der Waals surface area contributed by atoms with Gasteiger partial charge in [-0.15, -0.1) is 0 Å². The molecule has 0 N–H and O–H groups in total. The van der Waals surface area contributed by atoms with Gasteiger partial charge in [-0.2, -0.15) is 0 Å². The van der Waals surface area contributed by atoms with Gasteiger partial charge in [0.1, 0.15) is 5.97 Å². The molecule has 0 aromatic heterocycles. The largest absolute Gasteiger partial charge is 0.542 e. The van der Waals surface area contributed by atoms with Crippen molar-refractivity contribution in [3.63, 3.8) is 0 Å². The number of hydrogen-bond donors (Lipinski definition) is 0. The Bertz CT molecular complexity index is 128. The Morgan fingerprint density at radius 2 is 2.00 bits per heavy atom. The number of hydrogen-bond acceptors (Lipinski definition) is 3. The molecular weight excluding hydrogens is 120 g/mol. The molecule has 0 aliphatic carbocycles. The summed E-state index contributed by atoms with van der Waals surface area (Å²) < 4.78 is 0. The molecule has 3 heteroatoms. The Morgan fingerprint density at radius 3 is 2.11 bits per heavy atom. The van der Waals surface area contributed by atoms with Crippen molar-refractivity contribution in [2.24, 2.45) is 5.92 Å². The van der Waals surface area contributed by atoms with Gasteiger partial charge in [-0.1, -0.05) is 13.8 Å². The van der Waals surface area contributed by atoms with Crippen LogP contribution < -0.4 is 5.11 Å². The van der Waals surface area contributed by atoms with Crippen LogP contribution in [0.15, 0.2) is 0 Å². The average molecular weight is 129 g/mol. The Balaban J connectivity index is 3.88. The first kappa shape index (κ1) is 8.14. The quantitative estimate of drug-likeness (QED) is 0.476. The molecule has 9 heavy (non-hydrogen) atoms. The minimum Gasteiger partial charge on any atom is -0.542 e. The van der Waals surface area contributed by atoms with Crippen molar-refractivity contribution in [3.8, 4) is 0 Å². The molecule has 0 spiro atoms. The van der Waals surface area contributed by atoms with Crippen molar-refractivity contribution in [1.29, 1.82) is 0 Å². The van der Waals surface area contributed by atoms with Gasteiger partial charge in [0.15, 0.2) is 5.78 Å². The van der Waals surface area contributed by atoms with E-state index in [-0.39, 0.29) is 0 Å².